The molecule has 2 aromatic carbocycles. The van der Waals surface area contributed by atoms with Gasteiger partial charge in [-0.1, -0.05) is 42.5 Å². The number of hydrogen-bond donors (Lipinski definition) is 1. The highest BCUT2D eigenvalue weighted by molar-refractivity contribution is 5.88. The van der Waals surface area contributed by atoms with Crippen LogP contribution in [0.2, 0.25) is 0 Å². The van der Waals surface area contributed by atoms with Gasteiger partial charge in [0.1, 0.15) is 11.5 Å². The van der Waals surface area contributed by atoms with E-state index in [-0.39, 0.29) is 6.04 Å². The van der Waals surface area contributed by atoms with Gasteiger partial charge >= 0.3 is 0 Å². The van der Waals surface area contributed by atoms with E-state index in [4.69, 9.17) is 9.47 Å². The van der Waals surface area contributed by atoms with Crippen LogP contribution in [0.25, 0.3) is 28.1 Å². The Hall–Kier alpha value is -3.61. The standard InChI is InChI=1S/C24H27N5O2/c1-6-31-23-16(3)29(4)15(2)22(30-5)21(23)18-12-13-19(17-10-8-7-9-11-17)20(14-18)24-25-27-28-26-24/h7-14,16H,6H2,1-5H3,(H,25,26,27,28). The fourth-order valence-electron chi connectivity index (χ4n) is 4.03. The molecule has 4 rings (SSSR count). The molecule has 0 amide bonds. The van der Waals surface area contributed by atoms with Gasteiger partial charge in [-0.3, -0.25) is 0 Å². The maximum atomic E-state index is 6.13. The van der Waals surface area contributed by atoms with E-state index in [0.717, 1.165) is 45.0 Å². The molecule has 160 valence electrons. The lowest BCUT2D eigenvalue weighted by Gasteiger charge is -2.37. The molecule has 0 bridgehead atoms. The molecule has 2 heterocycles. The van der Waals surface area contributed by atoms with Gasteiger partial charge in [-0.15, -0.1) is 10.2 Å². The van der Waals surface area contributed by atoms with Gasteiger partial charge in [0.2, 0.25) is 5.82 Å². The predicted octanol–water partition coefficient (Wildman–Crippen LogP) is 4.49. The highest BCUT2D eigenvalue weighted by Gasteiger charge is 2.32. The average Bonchev–Trinajstić information content (AvgIpc) is 3.34. The van der Waals surface area contributed by atoms with E-state index in [2.05, 4.69) is 76.8 Å². The maximum absolute atomic E-state index is 6.13. The Bertz CT molecular complexity index is 1120. The number of aromatic amines is 1. The molecular formula is C24H27N5O2. The molecule has 1 aliphatic heterocycles. The number of benzene rings is 2. The number of tetrazole rings is 1. The fraction of sp³-hybridized carbons (Fsp3) is 0.292. The van der Waals surface area contributed by atoms with Gasteiger partial charge in [0.25, 0.3) is 0 Å². The summed E-state index contributed by atoms with van der Waals surface area (Å²) in [4.78, 5) is 2.17. The van der Waals surface area contributed by atoms with Gasteiger partial charge < -0.3 is 14.4 Å². The molecule has 31 heavy (non-hydrogen) atoms. The van der Waals surface area contributed by atoms with Gasteiger partial charge in [0.05, 0.1) is 31.0 Å². The van der Waals surface area contributed by atoms with Crippen LogP contribution in [0.3, 0.4) is 0 Å². The number of allylic oxidation sites excluding steroid dienone is 2. The zero-order valence-electron chi connectivity index (χ0n) is 18.5. The Balaban J connectivity index is 1.96. The van der Waals surface area contributed by atoms with Crippen LogP contribution in [0, 0.1) is 0 Å². The Labute approximate surface area is 182 Å². The molecule has 0 fully saturated rings. The van der Waals surface area contributed by atoms with E-state index in [1.165, 1.54) is 0 Å². The number of aromatic nitrogens is 4. The lowest BCUT2D eigenvalue weighted by atomic mass is 9.90. The molecule has 1 aromatic heterocycles. The molecular weight excluding hydrogens is 390 g/mol. The SMILES string of the molecule is CCOC1=C(c2ccc(-c3ccccc3)c(-c3nn[nH]n3)c2)C(OC)=C(C)N(C)C1C. The molecule has 1 unspecified atom stereocenters. The van der Waals surface area contributed by atoms with Crippen LogP contribution in [0.1, 0.15) is 26.3 Å². The molecule has 7 heteroatoms. The summed E-state index contributed by atoms with van der Waals surface area (Å²) in [5, 5.41) is 14.8. The molecule has 0 spiro atoms. The summed E-state index contributed by atoms with van der Waals surface area (Å²) in [5.74, 6) is 2.23. The van der Waals surface area contributed by atoms with E-state index >= 15 is 0 Å². The number of methoxy groups -OCH3 is 1. The first kappa shape index (κ1) is 20.7. The average molecular weight is 418 g/mol. The van der Waals surface area contributed by atoms with Crippen molar-refractivity contribution in [3.63, 3.8) is 0 Å². The first-order valence-corrected chi connectivity index (χ1v) is 10.4. The molecule has 1 atom stereocenters. The molecule has 3 aromatic rings. The van der Waals surface area contributed by atoms with Crippen molar-refractivity contribution in [2.24, 2.45) is 0 Å². The number of nitrogens with zero attached hydrogens (tertiary/aromatic N) is 4. The predicted molar refractivity (Wildman–Crippen MR) is 121 cm³/mol. The largest absolute Gasteiger partial charge is 0.495 e. The van der Waals surface area contributed by atoms with Crippen LogP contribution in [0.4, 0.5) is 0 Å². The molecule has 0 saturated carbocycles. The van der Waals surface area contributed by atoms with Crippen LogP contribution in [-0.2, 0) is 9.47 Å². The number of nitrogens with one attached hydrogen (secondary N) is 1. The van der Waals surface area contributed by atoms with Crippen molar-refractivity contribution in [1.29, 1.82) is 0 Å². The molecule has 1 N–H and O–H groups in total. The van der Waals surface area contributed by atoms with Crippen molar-refractivity contribution in [1.82, 2.24) is 25.5 Å². The molecule has 7 nitrogen and oxygen atoms in total. The minimum atomic E-state index is 0.0799. The van der Waals surface area contributed by atoms with Gasteiger partial charge in [0.15, 0.2) is 0 Å². The highest BCUT2D eigenvalue weighted by atomic mass is 16.5. The van der Waals surface area contributed by atoms with E-state index in [9.17, 15) is 0 Å². The first-order chi connectivity index (χ1) is 15.1. The Morgan fingerprint density at radius 1 is 1.06 bits per heavy atom. The summed E-state index contributed by atoms with van der Waals surface area (Å²) in [5.41, 5.74) is 6.01. The van der Waals surface area contributed by atoms with Crippen LogP contribution in [0.5, 0.6) is 0 Å². The van der Waals surface area contributed by atoms with E-state index in [0.29, 0.717) is 12.4 Å². The van der Waals surface area contributed by atoms with Crippen molar-refractivity contribution in [2.45, 2.75) is 26.8 Å². The third-order valence-corrected chi connectivity index (χ3v) is 5.77. The zero-order chi connectivity index (χ0) is 22.0. The summed E-state index contributed by atoms with van der Waals surface area (Å²) < 4.78 is 12.0. The second-order valence-electron chi connectivity index (χ2n) is 7.44. The molecule has 0 radical (unpaired) electrons. The minimum absolute atomic E-state index is 0.0799. The number of hydrogen-bond acceptors (Lipinski definition) is 6. The summed E-state index contributed by atoms with van der Waals surface area (Å²) in [6, 6.07) is 16.6. The van der Waals surface area contributed by atoms with Gasteiger partial charge in [-0.2, -0.15) is 5.21 Å². The Morgan fingerprint density at radius 2 is 1.84 bits per heavy atom. The monoisotopic (exact) mass is 417 g/mol. The third kappa shape index (κ3) is 3.67. The van der Waals surface area contributed by atoms with Crippen LogP contribution in [0.15, 0.2) is 65.7 Å². The van der Waals surface area contributed by atoms with Crippen LogP contribution >= 0.6 is 0 Å². The van der Waals surface area contributed by atoms with Crippen LogP contribution < -0.4 is 0 Å². The second kappa shape index (κ2) is 8.63. The normalized spacial score (nSPS) is 16.7. The van der Waals surface area contributed by atoms with E-state index in [1.54, 1.807) is 7.11 Å². The van der Waals surface area contributed by atoms with E-state index < -0.39 is 0 Å². The minimum Gasteiger partial charge on any atom is -0.495 e. The molecule has 0 aliphatic carbocycles. The Kier molecular flexibility index (Phi) is 5.75. The lowest BCUT2D eigenvalue weighted by Crippen LogP contribution is -2.35. The van der Waals surface area contributed by atoms with Crippen molar-refractivity contribution in [3.05, 3.63) is 71.3 Å². The summed E-state index contributed by atoms with van der Waals surface area (Å²) in [7, 11) is 3.75. The molecule has 1 aliphatic rings. The van der Waals surface area contributed by atoms with Gasteiger partial charge in [-0.25, -0.2) is 0 Å². The summed E-state index contributed by atoms with van der Waals surface area (Å²) in [6.07, 6.45) is 0. The van der Waals surface area contributed by atoms with Crippen molar-refractivity contribution in [3.8, 4) is 22.5 Å². The second-order valence-corrected chi connectivity index (χ2v) is 7.44. The summed E-state index contributed by atoms with van der Waals surface area (Å²) >= 11 is 0. The smallest absolute Gasteiger partial charge is 0.205 e. The highest BCUT2D eigenvalue weighted by Crippen LogP contribution is 2.40. The number of rotatable bonds is 6. The van der Waals surface area contributed by atoms with Gasteiger partial charge in [-0.05, 0) is 48.7 Å². The van der Waals surface area contributed by atoms with Crippen molar-refractivity contribution in [2.75, 3.05) is 20.8 Å². The fourth-order valence-corrected chi connectivity index (χ4v) is 4.03. The lowest BCUT2D eigenvalue weighted by molar-refractivity contribution is 0.158. The summed E-state index contributed by atoms with van der Waals surface area (Å²) in [6.45, 7) is 6.78. The maximum Gasteiger partial charge on any atom is 0.205 e. The van der Waals surface area contributed by atoms with Crippen molar-refractivity contribution < 1.29 is 9.47 Å². The van der Waals surface area contributed by atoms with E-state index in [1.807, 2.05) is 25.1 Å². The number of ether oxygens (including phenoxy) is 2. The van der Waals surface area contributed by atoms with Crippen molar-refractivity contribution >= 4 is 5.57 Å². The quantitative estimate of drug-likeness (QED) is 0.637. The molecule has 0 saturated heterocycles. The number of H-pyrrole nitrogens is 1. The Morgan fingerprint density at radius 3 is 2.48 bits per heavy atom. The first-order valence-electron chi connectivity index (χ1n) is 10.4. The van der Waals surface area contributed by atoms with Crippen LogP contribution in [-0.4, -0.2) is 52.3 Å². The number of likely N-dealkylation sites (N-methyl/N-ethyl adjacent to an activating group) is 1. The topological polar surface area (TPSA) is 76.2 Å². The zero-order valence-corrected chi connectivity index (χ0v) is 18.5. The van der Waals surface area contributed by atoms with Gasteiger partial charge in [0, 0.05) is 12.6 Å². The third-order valence-electron chi connectivity index (χ3n) is 5.77.